The van der Waals surface area contributed by atoms with Crippen LogP contribution in [0.3, 0.4) is 0 Å². The Labute approximate surface area is 378 Å². The first-order chi connectivity index (χ1) is 33.6. The molecular formula is C57H46N4OSi. The molecule has 5 nitrogen and oxygen atoms in total. The summed E-state index contributed by atoms with van der Waals surface area (Å²) in [4.78, 5) is 10.2. The van der Waals surface area contributed by atoms with Crippen LogP contribution in [-0.4, -0.2) is 27.0 Å². The maximum Gasteiger partial charge on any atom is 0.220 e. The number of aromatic nitrogens is 4. The zero-order valence-corrected chi connectivity index (χ0v) is 36.0. The Kier molecular flexibility index (Phi) is 6.44. The van der Waals surface area contributed by atoms with Gasteiger partial charge in [0.15, 0.2) is 0 Å². The van der Waals surface area contributed by atoms with Crippen molar-refractivity contribution in [1.29, 1.82) is 0 Å². The monoisotopic (exact) mass is 837 g/mol. The highest BCUT2D eigenvalue weighted by Gasteiger charge is 2.40. The molecule has 6 heteroatoms. The van der Waals surface area contributed by atoms with Crippen molar-refractivity contribution >= 4 is 46.3 Å². The minimum atomic E-state index is -2.91. The van der Waals surface area contributed by atoms with Gasteiger partial charge in [-0.3, -0.25) is 14.0 Å². The topological polar surface area (TPSA) is 44.4 Å². The molecule has 4 heterocycles. The molecule has 7 aromatic carbocycles. The number of fused-ring (bicyclic) bond motifs is 15. The molecular weight excluding hydrogens is 785 g/mol. The van der Waals surface area contributed by atoms with Gasteiger partial charge in [0.2, 0.25) is 5.78 Å². The first-order valence-electron chi connectivity index (χ1n) is 25.4. The number of hydrogen-bond donors (Lipinski definition) is 0. The largest absolute Gasteiger partial charge is 0.457 e. The van der Waals surface area contributed by atoms with E-state index >= 15 is 0 Å². The number of nitrogens with zero attached hydrogens (tertiary/aromatic N) is 4. The highest BCUT2D eigenvalue weighted by molar-refractivity contribution is 7.01. The summed E-state index contributed by atoms with van der Waals surface area (Å²) in [6.07, 6.45) is 4.70. The minimum Gasteiger partial charge on any atom is -0.457 e. The number of ether oxygens (including phenoxy) is 1. The van der Waals surface area contributed by atoms with Crippen LogP contribution < -0.4 is 15.1 Å². The van der Waals surface area contributed by atoms with Crippen LogP contribution in [0, 0.1) is 13.7 Å². The lowest BCUT2D eigenvalue weighted by Gasteiger charge is -2.36. The van der Waals surface area contributed by atoms with Gasteiger partial charge in [0, 0.05) is 32.5 Å². The molecule has 0 radical (unpaired) electrons. The fraction of sp³-hybridized carbons (Fsp3) is 0.158. The second kappa shape index (κ2) is 13.5. The summed E-state index contributed by atoms with van der Waals surface area (Å²) in [5.74, 6) is 0.281. The molecule has 0 saturated heterocycles. The molecule has 0 amide bonds. The van der Waals surface area contributed by atoms with Gasteiger partial charge in [-0.25, -0.2) is 4.98 Å². The van der Waals surface area contributed by atoms with E-state index in [4.69, 9.17) is 18.8 Å². The maximum atomic E-state index is 10.5. The molecule has 13 rings (SSSR count). The third kappa shape index (κ3) is 5.22. The molecule has 0 atom stereocenters. The molecule has 304 valence electrons. The summed E-state index contributed by atoms with van der Waals surface area (Å²) in [6.45, 7) is -0.723. The van der Waals surface area contributed by atoms with Crippen molar-refractivity contribution in [2.45, 2.75) is 58.4 Å². The Morgan fingerprint density at radius 3 is 2.11 bits per heavy atom. The molecule has 63 heavy (non-hydrogen) atoms. The fourth-order valence-corrected chi connectivity index (χ4v) is 13.7. The molecule has 0 bridgehead atoms. The molecule has 3 aromatic heterocycles. The normalized spacial score (nSPS) is 17.5. The van der Waals surface area contributed by atoms with Crippen LogP contribution in [-0.2, 0) is 0 Å². The lowest BCUT2D eigenvalue weighted by Crippen LogP contribution is -2.56. The zero-order valence-electron chi connectivity index (χ0n) is 42.0. The maximum absolute atomic E-state index is 10.5. The van der Waals surface area contributed by atoms with Crippen molar-refractivity contribution in [2.75, 3.05) is 0 Å². The SMILES string of the molecule is [2H]C([2H])([2H])c1ccc2c(c1)Oc1c(cc(-n3c4ccccc4n4c5ccccc5nc34)c(C([2H])([2H])[2H])c1-c1cc3c(cc1C1([2H])CCCC1)-c1ccccc1-c1cccnc1-c1ccccc1-3)[Si]2(C)C. The standard InChI is InChI=1S/C57H46N4OSi/c1-34-27-28-52-51(30-34)62-56-53(63(52,3)4)33-50(61-49-26-14-13-25-48(49)60-47-24-12-11-23-46(47)59-57(60)61)35(2)54(56)45-32-44-39-20-9-10-21-40(39)55-41(22-15-29-58-55)37-18-7-8-19-38(37)43(44)31-42(45)36-16-5-6-17-36/h7-15,18-33,36H,5-6,16-17H2,1-4H3/i1D3,2D3,36D. The number of pyridine rings is 1. The smallest absolute Gasteiger partial charge is 0.220 e. The van der Waals surface area contributed by atoms with Crippen LogP contribution in [0.2, 0.25) is 13.1 Å². The number of imidazole rings is 2. The van der Waals surface area contributed by atoms with Gasteiger partial charge in [-0.2, -0.15) is 0 Å². The van der Waals surface area contributed by atoms with Gasteiger partial charge in [0.05, 0.1) is 33.4 Å². The Hall–Kier alpha value is -7.02. The summed E-state index contributed by atoms with van der Waals surface area (Å²) < 4.78 is 76.5. The summed E-state index contributed by atoms with van der Waals surface area (Å²) >= 11 is 0. The predicted octanol–water partition coefficient (Wildman–Crippen LogP) is 13.7. The molecule has 0 spiro atoms. The Balaban J connectivity index is 1.23. The predicted molar refractivity (Wildman–Crippen MR) is 262 cm³/mol. The van der Waals surface area contributed by atoms with Crippen molar-refractivity contribution < 1.29 is 14.3 Å². The first-order valence-corrected chi connectivity index (χ1v) is 24.9. The number of aryl methyl sites for hydroxylation is 1. The van der Waals surface area contributed by atoms with Crippen LogP contribution >= 0.6 is 0 Å². The van der Waals surface area contributed by atoms with E-state index in [1.54, 1.807) is 12.1 Å². The van der Waals surface area contributed by atoms with Gasteiger partial charge in [0.1, 0.15) is 19.6 Å². The van der Waals surface area contributed by atoms with Gasteiger partial charge in [-0.05, 0) is 147 Å². The molecule has 2 aliphatic carbocycles. The van der Waals surface area contributed by atoms with Crippen LogP contribution in [0.1, 0.15) is 57.9 Å². The van der Waals surface area contributed by atoms with Crippen molar-refractivity contribution in [2.24, 2.45) is 0 Å². The molecule has 1 saturated carbocycles. The van der Waals surface area contributed by atoms with Gasteiger partial charge >= 0.3 is 0 Å². The summed E-state index contributed by atoms with van der Waals surface area (Å²) in [5.41, 5.74) is 13.2. The Morgan fingerprint density at radius 1 is 0.635 bits per heavy atom. The van der Waals surface area contributed by atoms with Crippen molar-refractivity contribution in [1.82, 2.24) is 18.9 Å². The summed E-state index contributed by atoms with van der Waals surface area (Å²) in [5, 5.41) is 1.77. The average molecular weight is 838 g/mol. The minimum absolute atomic E-state index is 0.0659. The van der Waals surface area contributed by atoms with Crippen LogP contribution in [0.4, 0.5) is 0 Å². The summed E-state index contributed by atoms with van der Waals surface area (Å²) in [6, 6.07) is 48.2. The van der Waals surface area contributed by atoms with E-state index in [9.17, 15) is 5.48 Å². The highest BCUT2D eigenvalue weighted by atomic mass is 28.3. The second-order valence-electron chi connectivity index (χ2n) is 17.8. The van der Waals surface area contributed by atoms with Crippen LogP contribution in [0.25, 0.3) is 89.3 Å². The lowest BCUT2D eigenvalue weighted by molar-refractivity contribution is 0.487. The van der Waals surface area contributed by atoms with Gasteiger partial charge in [-0.15, -0.1) is 0 Å². The molecule has 3 aliphatic rings. The number of benzene rings is 7. The fourth-order valence-electron chi connectivity index (χ4n) is 11.0. The van der Waals surface area contributed by atoms with E-state index in [1.807, 2.05) is 102 Å². The lowest BCUT2D eigenvalue weighted by atomic mass is 9.78. The highest BCUT2D eigenvalue weighted by Crippen LogP contribution is 2.53. The van der Waals surface area contributed by atoms with E-state index in [-0.39, 0.29) is 11.1 Å². The molecule has 0 unspecified atom stereocenters. The van der Waals surface area contributed by atoms with Crippen LogP contribution in [0.15, 0.2) is 152 Å². The van der Waals surface area contributed by atoms with Gasteiger partial charge in [0.25, 0.3) is 0 Å². The van der Waals surface area contributed by atoms with E-state index in [0.717, 1.165) is 95.5 Å². The molecule has 1 aliphatic heterocycles. The van der Waals surface area contributed by atoms with E-state index < -0.39 is 27.7 Å². The Bertz CT molecular complexity index is 3860. The van der Waals surface area contributed by atoms with E-state index in [0.29, 0.717) is 46.9 Å². The first kappa shape index (κ1) is 30.1. The number of para-hydroxylation sites is 4. The average Bonchev–Trinajstić information content (AvgIpc) is 4.05. The molecule has 0 N–H and O–H groups in total. The third-order valence-corrected chi connectivity index (χ3v) is 17.4. The zero-order chi connectivity index (χ0) is 48.1. The van der Waals surface area contributed by atoms with Crippen LogP contribution in [0.5, 0.6) is 11.5 Å². The third-order valence-electron chi connectivity index (χ3n) is 13.9. The van der Waals surface area contributed by atoms with Crippen molar-refractivity contribution in [3.63, 3.8) is 0 Å². The van der Waals surface area contributed by atoms with Gasteiger partial charge in [-0.1, -0.05) is 117 Å². The molecule has 10 aromatic rings. The quantitative estimate of drug-likeness (QED) is 0.167. The van der Waals surface area contributed by atoms with E-state index in [2.05, 4.69) is 60.0 Å². The summed E-state index contributed by atoms with van der Waals surface area (Å²) in [7, 11) is -2.91. The van der Waals surface area contributed by atoms with Crippen molar-refractivity contribution in [3.8, 4) is 73.0 Å². The van der Waals surface area contributed by atoms with Gasteiger partial charge < -0.3 is 4.74 Å². The number of hydrogen-bond acceptors (Lipinski definition) is 3. The van der Waals surface area contributed by atoms with Crippen molar-refractivity contribution in [3.05, 3.63) is 168 Å². The number of rotatable bonds is 3. The van der Waals surface area contributed by atoms with E-state index in [1.165, 1.54) is 0 Å². The Morgan fingerprint density at radius 2 is 1.32 bits per heavy atom. The molecule has 1 fully saturated rings. The second-order valence-corrected chi connectivity index (χ2v) is 22.1.